The highest BCUT2D eigenvalue weighted by molar-refractivity contribution is 5.22. The monoisotopic (exact) mass is 274 g/mol. The summed E-state index contributed by atoms with van der Waals surface area (Å²) in [5.74, 6) is 1.39. The minimum atomic E-state index is 0.461. The molecule has 112 valence electrons. The first kappa shape index (κ1) is 15.5. The van der Waals surface area contributed by atoms with Crippen LogP contribution in [0.3, 0.4) is 0 Å². The first-order valence-electron chi connectivity index (χ1n) is 8.02. The molecule has 1 saturated carbocycles. The van der Waals surface area contributed by atoms with Crippen LogP contribution in [0, 0.1) is 18.3 Å². The van der Waals surface area contributed by atoms with E-state index in [9.17, 15) is 0 Å². The molecule has 2 atom stereocenters. The minimum absolute atomic E-state index is 0.461. The molecule has 0 saturated heterocycles. The maximum Gasteiger partial charge on any atom is 0.0303 e. The highest BCUT2D eigenvalue weighted by Crippen LogP contribution is 2.46. The molecule has 0 bridgehead atoms. The summed E-state index contributed by atoms with van der Waals surface area (Å²) >= 11 is 0. The molecule has 0 amide bonds. The van der Waals surface area contributed by atoms with Crippen molar-refractivity contribution in [2.75, 3.05) is 6.54 Å². The number of pyridine rings is 1. The normalized spacial score (nSPS) is 25.9. The Hall–Kier alpha value is -0.890. The molecule has 1 aromatic heterocycles. The van der Waals surface area contributed by atoms with Crippen LogP contribution in [0.5, 0.6) is 0 Å². The van der Waals surface area contributed by atoms with Crippen LogP contribution in [0.15, 0.2) is 18.5 Å². The summed E-state index contributed by atoms with van der Waals surface area (Å²) in [5, 5.41) is 3.64. The van der Waals surface area contributed by atoms with E-state index in [1.807, 2.05) is 6.20 Å². The van der Waals surface area contributed by atoms with Crippen molar-refractivity contribution in [3.8, 4) is 0 Å². The number of rotatable bonds is 4. The molecule has 2 nitrogen and oxygen atoms in total. The molecule has 2 rings (SSSR count). The molecule has 0 spiro atoms. The number of hydrogen-bond donors (Lipinski definition) is 1. The van der Waals surface area contributed by atoms with E-state index in [2.05, 4.69) is 57.2 Å². The zero-order valence-corrected chi connectivity index (χ0v) is 13.7. The Morgan fingerprint density at radius 2 is 2.10 bits per heavy atom. The van der Waals surface area contributed by atoms with E-state index >= 15 is 0 Å². The molecule has 0 aromatic carbocycles. The Labute approximate surface area is 124 Å². The van der Waals surface area contributed by atoms with Crippen LogP contribution in [-0.2, 0) is 0 Å². The first-order chi connectivity index (χ1) is 9.37. The van der Waals surface area contributed by atoms with Crippen molar-refractivity contribution in [2.45, 2.75) is 65.8 Å². The standard InChI is InChI=1S/C18H30N2/c1-13(2)20-12-15-6-7-18(4,5)9-17(15)16-8-14(3)10-19-11-16/h8,10-11,13,15,17,20H,6-7,9,12H2,1-5H3. The van der Waals surface area contributed by atoms with Crippen molar-refractivity contribution in [3.05, 3.63) is 29.6 Å². The van der Waals surface area contributed by atoms with Gasteiger partial charge in [0.2, 0.25) is 0 Å². The Morgan fingerprint density at radius 3 is 2.75 bits per heavy atom. The van der Waals surface area contributed by atoms with Gasteiger partial charge in [-0.25, -0.2) is 0 Å². The fraction of sp³-hybridized carbons (Fsp3) is 0.722. The lowest BCUT2D eigenvalue weighted by atomic mass is 9.65. The molecule has 20 heavy (non-hydrogen) atoms. The number of hydrogen-bond acceptors (Lipinski definition) is 2. The van der Waals surface area contributed by atoms with Crippen molar-refractivity contribution in [3.63, 3.8) is 0 Å². The van der Waals surface area contributed by atoms with Gasteiger partial charge in [-0.1, -0.05) is 33.8 Å². The number of nitrogens with one attached hydrogen (secondary N) is 1. The molecule has 2 heteroatoms. The summed E-state index contributed by atoms with van der Waals surface area (Å²) in [4.78, 5) is 4.42. The predicted octanol–water partition coefficient (Wildman–Crippen LogP) is 4.30. The van der Waals surface area contributed by atoms with Gasteiger partial charge in [0.25, 0.3) is 0 Å². The molecule has 0 radical (unpaired) electrons. The third-order valence-corrected chi connectivity index (χ3v) is 4.65. The van der Waals surface area contributed by atoms with Gasteiger partial charge >= 0.3 is 0 Å². The summed E-state index contributed by atoms with van der Waals surface area (Å²) in [5.41, 5.74) is 3.18. The summed E-state index contributed by atoms with van der Waals surface area (Å²) in [7, 11) is 0. The molecule has 1 aliphatic carbocycles. The number of nitrogens with zero attached hydrogens (tertiary/aromatic N) is 1. The van der Waals surface area contributed by atoms with Gasteiger partial charge in [0.05, 0.1) is 0 Å². The van der Waals surface area contributed by atoms with Gasteiger partial charge in [-0.2, -0.15) is 0 Å². The second-order valence-corrected chi connectivity index (χ2v) is 7.63. The number of aryl methyl sites for hydroxylation is 1. The Balaban J connectivity index is 2.17. The van der Waals surface area contributed by atoms with E-state index < -0.39 is 0 Å². The lowest BCUT2D eigenvalue weighted by molar-refractivity contribution is 0.158. The summed E-state index contributed by atoms with van der Waals surface area (Å²) in [6.45, 7) is 12.6. The number of aromatic nitrogens is 1. The van der Waals surface area contributed by atoms with Gasteiger partial charge in [-0.15, -0.1) is 0 Å². The van der Waals surface area contributed by atoms with E-state index in [0.29, 0.717) is 17.4 Å². The van der Waals surface area contributed by atoms with Gasteiger partial charge in [0, 0.05) is 18.4 Å². The van der Waals surface area contributed by atoms with Crippen LogP contribution in [0.1, 0.15) is 64.0 Å². The largest absolute Gasteiger partial charge is 0.314 e. The zero-order chi connectivity index (χ0) is 14.8. The summed E-state index contributed by atoms with van der Waals surface area (Å²) in [6.07, 6.45) is 7.99. The van der Waals surface area contributed by atoms with Gasteiger partial charge < -0.3 is 5.32 Å². The predicted molar refractivity (Wildman–Crippen MR) is 86.0 cm³/mol. The van der Waals surface area contributed by atoms with Crippen LogP contribution in [0.25, 0.3) is 0 Å². The summed E-state index contributed by atoms with van der Waals surface area (Å²) < 4.78 is 0. The fourth-order valence-corrected chi connectivity index (χ4v) is 3.44. The SMILES string of the molecule is Cc1cncc(C2CC(C)(C)CCC2CNC(C)C)c1. The van der Waals surface area contributed by atoms with Gasteiger partial charge in [0.15, 0.2) is 0 Å². The van der Waals surface area contributed by atoms with Crippen LogP contribution in [0.4, 0.5) is 0 Å². The Morgan fingerprint density at radius 1 is 1.35 bits per heavy atom. The lowest BCUT2D eigenvalue weighted by Gasteiger charge is -2.41. The van der Waals surface area contributed by atoms with Gasteiger partial charge in [-0.05, 0) is 61.1 Å². The molecule has 2 unspecified atom stereocenters. The smallest absolute Gasteiger partial charge is 0.0303 e. The van der Waals surface area contributed by atoms with Gasteiger partial charge in [-0.3, -0.25) is 4.98 Å². The Bertz CT molecular complexity index is 435. The second-order valence-electron chi connectivity index (χ2n) is 7.63. The van der Waals surface area contributed by atoms with Crippen LogP contribution < -0.4 is 5.32 Å². The van der Waals surface area contributed by atoms with E-state index in [-0.39, 0.29) is 0 Å². The maximum atomic E-state index is 4.42. The third-order valence-electron chi connectivity index (χ3n) is 4.65. The van der Waals surface area contributed by atoms with Crippen molar-refractivity contribution in [1.82, 2.24) is 10.3 Å². The topological polar surface area (TPSA) is 24.9 Å². The zero-order valence-electron chi connectivity index (χ0n) is 13.7. The quantitative estimate of drug-likeness (QED) is 0.885. The van der Waals surface area contributed by atoms with E-state index in [1.54, 1.807) is 0 Å². The lowest BCUT2D eigenvalue weighted by Crippen LogP contribution is -2.37. The fourth-order valence-electron chi connectivity index (χ4n) is 3.44. The molecule has 0 aliphatic heterocycles. The Kier molecular flexibility index (Phi) is 4.85. The highest BCUT2D eigenvalue weighted by Gasteiger charge is 2.35. The minimum Gasteiger partial charge on any atom is -0.314 e. The average Bonchev–Trinajstić information content (AvgIpc) is 2.36. The molecule has 1 fully saturated rings. The van der Waals surface area contributed by atoms with Crippen LogP contribution in [-0.4, -0.2) is 17.6 Å². The van der Waals surface area contributed by atoms with E-state index in [4.69, 9.17) is 0 Å². The molecular formula is C18H30N2. The maximum absolute atomic E-state index is 4.42. The summed E-state index contributed by atoms with van der Waals surface area (Å²) in [6, 6.07) is 2.91. The van der Waals surface area contributed by atoms with Crippen LogP contribution in [0.2, 0.25) is 0 Å². The van der Waals surface area contributed by atoms with Crippen molar-refractivity contribution in [1.29, 1.82) is 0 Å². The van der Waals surface area contributed by atoms with Gasteiger partial charge in [0.1, 0.15) is 0 Å². The molecule has 1 heterocycles. The van der Waals surface area contributed by atoms with E-state index in [1.165, 1.54) is 30.4 Å². The average molecular weight is 274 g/mol. The molecule has 1 N–H and O–H groups in total. The van der Waals surface area contributed by atoms with Crippen LogP contribution >= 0.6 is 0 Å². The second kappa shape index (κ2) is 6.26. The van der Waals surface area contributed by atoms with Crippen molar-refractivity contribution >= 4 is 0 Å². The van der Waals surface area contributed by atoms with E-state index in [0.717, 1.165) is 12.5 Å². The molecule has 1 aromatic rings. The molecule has 1 aliphatic rings. The van der Waals surface area contributed by atoms with Crippen molar-refractivity contribution < 1.29 is 0 Å². The van der Waals surface area contributed by atoms with Crippen molar-refractivity contribution in [2.24, 2.45) is 11.3 Å². The highest BCUT2D eigenvalue weighted by atomic mass is 14.9. The molecular weight excluding hydrogens is 244 g/mol. The third kappa shape index (κ3) is 4.05. The first-order valence-corrected chi connectivity index (χ1v) is 8.02.